The summed E-state index contributed by atoms with van der Waals surface area (Å²) in [5.41, 5.74) is -3.98. The van der Waals surface area contributed by atoms with Crippen molar-refractivity contribution in [3.63, 3.8) is 0 Å². The Labute approximate surface area is 225 Å². The maximum absolute atomic E-state index is 14.2. The van der Waals surface area contributed by atoms with E-state index in [1.54, 1.807) is 6.07 Å². The maximum Gasteiger partial charge on any atom is 0.419 e. The first-order chi connectivity index (χ1) is 18.3. The Balaban J connectivity index is 1.63. The summed E-state index contributed by atoms with van der Waals surface area (Å²) in [7, 11) is 0. The lowest BCUT2D eigenvalue weighted by atomic mass is 9.86. The van der Waals surface area contributed by atoms with E-state index in [1.807, 2.05) is 23.7 Å². The fraction of sp³-hybridized carbons (Fsp3) is 0.462. The molecule has 0 spiro atoms. The lowest BCUT2D eigenvalue weighted by Crippen LogP contribution is -2.66. The normalized spacial score (nSPS) is 18.7. The lowest BCUT2D eigenvalue weighted by Gasteiger charge is -2.42. The van der Waals surface area contributed by atoms with Crippen LogP contribution in [-0.4, -0.2) is 54.6 Å². The van der Waals surface area contributed by atoms with Gasteiger partial charge in [0.15, 0.2) is 0 Å². The van der Waals surface area contributed by atoms with Gasteiger partial charge in [-0.2, -0.15) is 26.3 Å². The number of alkyl halides is 6. The Morgan fingerprint density at radius 3 is 2.13 bits per heavy atom. The second-order valence-electron chi connectivity index (χ2n) is 9.46. The molecular formula is C26H27F6N3O3S. The summed E-state index contributed by atoms with van der Waals surface area (Å²) in [6.07, 6.45) is -9.54. The fourth-order valence-electron chi connectivity index (χ4n) is 5.03. The molecule has 1 unspecified atom stereocenters. The zero-order valence-electron chi connectivity index (χ0n) is 21.1. The van der Waals surface area contributed by atoms with Gasteiger partial charge in [-0.1, -0.05) is 18.2 Å². The SMILES string of the molecule is CSc1ccc2c(c1)CN(C(C)=O)C2C(=O)Nc1ccc(C(NC2CCOCC2)(C(F)(F)F)C(F)(F)F)cc1. The van der Waals surface area contributed by atoms with E-state index in [4.69, 9.17) is 4.74 Å². The van der Waals surface area contributed by atoms with E-state index in [0.29, 0.717) is 17.7 Å². The largest absolute Gasteiger partial charge is 0.419 e. The molecule has 1 atom stereocenters. The van der Waals surface area contributed by atoms with Crippen molar-refractivity contribution >= 4 is 29.3 Å². The van der Waals surface area contributed by atoms with Crippen LogP contribution in [-0.2, 0) is 26.4 Å². The molecule has 2 aromatic carbocycles. The molecule has 0 bridgehead atoms. The van der Waals surface area contributed by atoms with Crippen LogP contribution in [0.5, 0.6) is 0 Å². The third kappa shape index (κ3) is 5.62. The molecule has 39 heavy (non-hydrogen) atoms. The van der Waals surface area contributed by atoms with Crippen LogP contribution >= 0.6 is 11.8 Å². The molecule has 0 aromatic heterocycles. The van der Waals surface area contributed by atoms with Gasteiger partial charge in [0.05, 0.1) is 0 Å². The van der Waals surface area contributed by atoms with Gasteiger partial charge in [0.1, 0.15) is 6.04 Å². The number of carbonyl (C=O) groups excluding carboxylic acids is 2. The zero-order valence-corrected chi connectivity index (χ0v) is 21.9. The molecular weight excluding hydrogens is 548 g/mol. The quantitative estimate of drug-likeness (QED) is 0.350. The van der Waals surface area contributed by atoms with Gasteiger partial charge in [0.25, 0.3) is 5.91 Å². The molecule has 212 valence electrons. The number of fused-ring (bicyclic) bond motifs is 1. The van der Waals surface area contributed by atoms with Gasteiger partial charge in [0.2, 0.25) is 11.4 Å². The lowest BCUT2D eigenvalue weighted by molar-refractivity contribution is -0.317. The van der Waals surface area contributed by atoms with E-state index in [1.165, 1.54) is 23.6 Å². The van der Waals surface area contributed by atoms with Crippen molar-refractivity contribution in [1.82, 2.24) is 10.2 Å². The molecule has 6 nitrogen and oxygen atoms in total. The first kappa shape index (κ1) is 29.2. The summed E-state index contributed by atoms with van der Waals surface area (Å²) in [6.45, 7) is 1.62. The Kier molecular flexibility index (Phi) is 8.25. The number of ether oxygens (including phenoxy) is 1. The van der Waals surface area contributed by atoms with Crippen molar-refractivity contribution in [3.05, 3.63) is 59.2 Å². The zero-order chi connectivity index (χ0) is 28.6. The average molecular weight is 576 g/mol. The Morgan fingerprint density at radius 2 is 1.59 bits per heavy atom. The molecule has 4 rings (SSSR count). The van der Waals surface area contributed by atoms with Crippen LogP contribution in [0.2, 0.25) is 0 Å². The molecule has 0 radical (unpaired) electrons. The second kappa shape index (κ2) is 11.0. The third-order valence-electron chi connectivity index (χ3n) is 7.03. The van der Waals surface area contributed by atoms with Gasteiger partial charge in [-0.3, -0.25) is 14.9 Å². The van der Waals surface area contributed by atoms with Crippen LogP contribution in [0.25, 0.3) is 0 Å². The topological polar surface area (TPSA) is 70.7 Å². The summed E-state index contributed by atoms with van der Waals surface area (Å²) in [4.78, 5) is 27.8. The predicted molar refractivity (Wildman–Crippen MR) is 133 cm³/mol. The van der Waals surface area contributed by atoms with E-state index in [-0.39, 0.29) is 44.2 Å². The highest BCUT2D eigenvalue weighted by molar-refractivity contribution is 7.98. The molecule has 2 aliphatic heterocycles. The van der Waals surface area contributed by atoms with Gasteiger partial charge in [-0.25, -0.2) is 0 Å². The molecule has 0 aliphatic carbocycles. The Hall–Kier alpha value is -2.77. The summed E-state index contributed by atoms with van der Waals surface area (Å²) in [5, 5.41) is 4.38. The van der Waals surface area contributed by atoms with Crippen LogP contribution in [0.1, 0.15) is 42.5 Å². The number of benzene rings is 2. The fourth-order valence-corrected chi connectivity index (χ4v) is 5.49. The predicted octanol–water partition coefficient (Wildman–Crippen LogP) is 5.54. The molecule has 2 aromatic rings. The number of anilines is 1. The highest BCUT2D eigenvalue weighted by Crippen LogP contribution is 2.51. The van der Waals surface area contributed by atoms with Crippen LogP contribution in [0, 0.1) is 0 Å². The summed E-state index contributed by atoms with van der Waals surface area (Å²) >= 11 is 1.50. The van der Waals surface area contributed by atoms with Crippen molar-refractivity contribution < 1.29 is 40.7 Å². The first-order valence-corrected chi connectivity index (χ1v) is 13.4. The van der Waals surface area contributed by atoms with Crippen molar-refractivity contribution in [1.29, 1.82) is 0 Å². The van der Waals surface area contributed by atoms with Gasteiger partial charge in [-0.15, -0.1) is 11.8 Å². The third-order valence-corrected chi connectivity index (χ3v) is 7.75. The summed E-state index contributed by atoms with van der Waals surface area (Å²) in [6, 6.07) is 6.77. The van der Waals surface area contributed by atoms with Crippen LogP contribution in [0.15, 0.2) is 47.4 Å². The number of carbonyl (C=O) groups is 2. The maximum atomic E-state index is 14.2. The van der Waals surface area contributed by atoms with E-state index >= 15 is 0 Å². The van der Waals surface area contributed by atoms with Gasteiger partial charge in [0, 0.05) is 43.3 Å². The van der Waals surface area contributed by atoms with Crippen LogP contribution < -0.4 is 10.6 Å². The standard InChI is InChI=1S/C26H27F6N3O3S/c1-15(36)35-14-16-13-20(39-2)7-8-21(16)22(35)23(37)33-18-5-3-17(4-6-18)24(25(27,28)29,26(30,31)32)34-19-9-11-38-12-10-19/h3-8,13,19,22,34H,9-12,14H2,1-2H3,(H,33,37). The summed E-state index contributed by atoms with van der Waals surface area (Å²) < 4.78 is 90.4. The van der Waals surface area contributed by atoms with Crippen molar-refractivity contribution in [3.8, 4) is 0 Å². The Bertz CT molecular complexity index is 1200. The minimum atomic E-state index is -5.71. The molecule has 1 saturated heterocycles. The summed E-state index contributed by atoms with van der Waals surface area (Å²) in [5.74, 6) is -0.987. The number of hydrogen-bond donors (Lipinski definition) is 2. The van der Waals surface area contributed by atoms with E-state index in [9.17, 15) is 35.9 Å². The number of halogens is 6. The minimum Gasteiger partial charge on any atom is -0.381 e. The molecule has 2 amide bonds. The molecule has 2 heterocycles. The first-order valence-electron chi connectivity index (χ1n) is 12.1. The van der Waals surface area contributed by atoms with E-state index in [2.05, 4.69) is 5.32 Å². The molecule has 2 N–H and O–H groups in total. The molecule has 2 aliphatic rings. The smallest absolute Gasteiger partial charge is 0.381 e. The van der Waals surface area contributed by atoms with Gasteiger partial charge in [-0.05, 0) is 60.1 Å². The minimum absolute atomic E-state index is 0.00397. The number of thioether (sulfide) groups is 1. The highest BCUT2D eigenvalue weighted by atomic mass is 32.2. The van der Waals surface area contributed by atoms with Crippen LogP contribution in [0.4, 0.5) is 32.0 Å². The number of rotatable bonds is 6. The number of amides is 2. The number of nitrogens with zero attached hydrogens (tertiary/aromatic N) is 1. The van der Waals surface area contributed by atoms with Gasteiger partial charge >= 0.3 is 12.4 Å². The molecule has 13 heteroatoms. The monoisotopic (exact) mass is 575 g/mol. The Morgan fingerprint density at radius 1 is 0.974 bits per heavy atom. The van der Waals surface area contributed by atoms with E-state index < -0.39 is 41.4 Å². The average Bonchev–Trinajstić information content (AvgIpc) is 3.26. The van der Waals surface area contributed by atoms with Crippen molar-refractivity contribution in [2.75, 3.05) is 24.8 Å². The van der Waals surface area contributed by atoms with Crippen molar-refractivity contribution in [2.24, 2.45) is 0 Å². The second-order valence-corrected chi connectivity index (χ2v) is 10.3. The highest BCUT2D eigenvalue weighted by Gasteiger charge is 2.72. The number of hydrogen-bond acceptors (Lipinski definition) is 5. The van der Waals surface area contributed by atoms with Crippen molar-refractivity contribution in [2.45, 2.75) is 61.2 Å². The van der Waals surface area contributed by atoms with Crippen LogP contribution in [0.3, 0.4) is 0 Å². The van der Waals surface area contributed by atoms with E-state index in [0.717, 1.165) is 22.6 Å². The molecule has 1 fully saturated rings. The number of nitrogens with one attached hydrogen (secondary N) is 2. The van der Waals surface area contributed by atoms with Gasteiger partial charge < -0.3 is 15.0 Å². The molecule has 0 saturated carbocycles.